The van der Waals surface area contributed by atoms with Gasteiger partial charge in [-0.1, -0.05) is 53.8 Å². The molecule has 0 aliphatic carbocycles. The summed E-state index contributed by atoms with van der Waals surface area (Å²) in [5.41, 5.74) is 6.40. The van der Waals surface area contributed by atoms with Crippen molar-refractivity contribution < 1.29 is 5.11 Å². The van der Waals surface area contributed by atoms with Crippen molar-refractivity contribution in [3.05, 3.63) is 87.6 Å². The number of anilines is 2. The van der Waals surface area contributed by atoms with E-state index < -0.39 is 5.60 Å². The molecule has 0 amide bonds. The maximum Gasteiger partial charge on any atom is 0.264 e. The first-order valence-corrected chi connectivity index (χ1v) is 11.1. The number of nitrogen functional groups attached to an aromatic ring is 1. The molecule has 2 heterocycles. The second-order valence-electron chi connectivity index (χ2n) is 8.41. The summed E-state index contributed by atoms with van der Waals surface area (Å²) in [4.78, 5) is 22.0. The van der Waals surface area contributed by atoms with E-state index in [4.69, 9.17) is 17.3 Å². The standard InChI is InChI=1S/C26H24ClN5O2/c1-16(31-24-19(12-13-26(2,3)34)23(28)29-15-30-24)21-14-17-8-7-11-20(27)22(17)25(33)32(21)18-9-5-4-6-10-18/h4-11,14-16,34H,1-3H3,(H3,28,29,30,31)/t16-/m0/s1. The molecule has 2 aromatic heterocycles. The number of hydrogen-bond donors (Lipinski definition) is 3. The summed E-state index contributed by atoms with van der Waals surface area (Å²) in [5, 5.41) is 14.9. The largest absolute Gasteiger partial charge is 0.382 e. The van der Waals surface area contributed by atoms with Gasteiger partial charge in [0.15, 0.2) is 0 Å². The average Bonchev–Trinajstić information content (AvgIpc) is 2.78. The molecule has 0 saturated heterocycles. The molecule has 34 heavy (non-hydrogen) atoms. The molecule has 0 saturated carbocycles. The number of aliphatic hydroxyl groups is 1. The van der Waals surface area contributed by atoms with Crippen LogP contribution in [0, 0.1) is 11.8 Å². The summed E-state index contributed by atoms with van der Waals surface area (Å²) in [6.07, 6.45) is 1.34. The Balaban J connectivity index is 1.88. The Morgan fingerprint density at radius 3 is 2.59 bits per heavy atom. The van der Waals surface area contributed by atoms with Gasteiger partial charge in [0, 0.05) is 11.4 Å². The fourth-order valence-electron chi connectivity index (χ4n) is 3.63. The number of fused-ring (bicyclic) bond motifs is 1. The van der Waals surface area contributed by atoms with Gasteiger partial charge >= 0.3 is 0 Å². The molecule has 8 heteroatoms. The average molecular weight is 474 g/mol. The third kappa shape index (κ3) is 4.74. The first kappa shape index (κ1) is 23.3. The van der Waals surface area contributed by atoms with E-state index in [0.29, 0.717) is 33.2 Å². The highest BCUT2D eigenvalue weighted by molar-refractivity contribution is 6.35. The number of para-hydroxylation sites is 1. The number of halogens is 1. The number of nitrogens with two attached hydrogens (primary N) is 1. The normalized spacial score (nSPS) is 12.1. The van der Waals surface area contributed by atoms with Gasteiger partial charge in [0.05, 0.1) is 16.5 Å². The van der Waals surface area contributed by atoms with Crippen LogP contribution in [0.3, 0.4) is 0 Å². The summed E-state index contributed by atoms with van der Waals surface area (Å²) in [6.45, 7) is 5.07. The maximum absolute atomic E-state index is 13.6. The topological polar surface area (TPSA) is 106 Å². The van der Waals surface area contributed by atoms with E-state index in [1.165, 1.54) is 6.33 Å². The second kappa shape index (κ2) is 9.18. The predicted octanol–water partition coefficient (Wildman–Crippen LogP) is 4.31. The molecule has 0 aliphatic rings. The fourth-order valence-corrected chi connectivity index (χ4v) is 3.89. The quantitative estimate of drug-likeness (QED) is 0.381. The fraction of sp³-hybridized carbons (Fsp3) is 0.192. The molecule has 0 radical (unpaired) electrons. The second-order valence-corrected chi connectivity index (χ2v) is 8.81. The Morgan fingerprint density at radius 2 is 1.88 bits per heavy atom. The van der Waals surface area contributed by atoms with E-state index >= 15 is 0 Å². The zero-order chi connectivity index (χ0) is 24.5. The van der Waals surface area contributed by atoms with Crippen molar-refractivity contribution in [3.8, 4) is 17.5 Å². The Morgan fingerprint density at radius 1 is 1.15 bits per heavy atom. The van der Waals surface area contributed by atoms with Gasteiger partial charge in [-0.2, -0.15) is 0 Å². The summed E-state index contributed by atoms with van der Waals surface area (Å²) >= 11 is 6.40. The molecule has 2 aromatic carbocycles. The van der Waals surface area contributed by atoms with Gasteiger partial charge in [-0.05, 0) is 50.4 Å². The Hall–Kier alpha value is -3.86. The minimum atomic E-state index is -1.21. The van der Waals surface area contributed by atoms with Crippen LogP contribution >= 0.6 is 11.6 Å². The van der Waals surface area contributed by atoms with E-state index in [9.17, 15) is 9.90 Å². The van der Waals surface area contributed by atoms with Gasteiger partial charge in [-0.25, -0.2) is 9.97 Å². The highest BCUT2D eigenvalue weighted by Crippen LogP contribution is 2.28. The van der Waals surface area contributed by atoms with Gasteiger partial charge in [0.25, 0.3) is 5.56 Å². The van der Waals surface area contributed by atoms with Gasteiger partial charge < -0.3 is 16.2 Å². The number of rotatable bonds is 4. The van der Waals surface area contributed by atoms with E-state index in [0.717, 1.165) is 5.39 Å². The molecule has 0 unspecified atom stereocenters. The number of nitrogens with zero attached hydrogens (tertiary/aromatic N) is 3. The van der Waals surface area contributed by atoms with Crippen molar-refractivity contribution >= 4 is 34.0 Å². The van der Waals surface area contributed by atoms with Crippen molar-refractivity contribution in [2.45, 2.75) is 32.4 Å². The molecule has 4 aromatic rings. The monoisotopic (exact) mass is 473 g/mol. The summed E-state index contributed by atoms with van der Waals surface area (Å²) in [6, 6.07) is 16.3. The van der Waals surface area contributed by atoms with Crippen LogP contribution in [0.5, 0.6) is 0 Å². The van der Waals surface area contributed by atoms with Crippen LogP contribution in [0.4, 0.5) is 11.6 Å². The van der Waals surface area contributed by atoms with E-state index in [1.54, 1.807) is 24.5 Å². The third-order valence-electron chi connectivity index (χ3n) is 5.21. The maximum atomic E-state index is 13.6. The molecule has 1 atom stereocenters. The molecule has 7 nitrogen and oxygen atoms in total. The summed E-state index contributed by atoms with van der Waals surface area (Å²) in [7, 11) is 0. The minimum Gasteiger partial charge on any atom is -0.382 e. The smallest absolute Gasteiger partial charge is 0.264 e. The van der Waals surface area contributed by atoms with Crippen LogP contribution < -0.4 is 16.6 Å². The molecule has 0 aliphatic heterocycles. The molecule has 4 N–H and O–H groups in total. The van der Waals surface area contributed by atoms with E-state index in [1.807, 2.05) is 55.5 Å². The van der Waals surface area contributed by atoms with Crippen molar-refractivity contribution in [2.75, 3.05) is 11.1 Å². The molecule has 0 bridgehead atoms. The van der Waals surface area contributed by atoms with Crippen LogP contribution in [0.1, 0.15) is 38.1 Å². The highest BCUT2D eigenvalue weighted by Gasteiger charge is 2.19. The number of hydrogen-bond acceptors (Lipinski definition) is 6. The van der Waals surface area contributed by atoms with Crippen molar-refractivity contribution in [1.29, 1.82) is 0 Å². The highest BCUT2D eigenvalue weighted by atomic mass is 35.5. The number of aromatic nitrogens is 3. The zero-order valence-electron chi connectivity index (χ0n) is 19.0. The zero-order valence-corrected chi connectivity index (χ0v) is 19.8. The van der Waals surface area contributed by atoms with E-state index in [2.05, 4.69) is 27.1 Å². The van der Waals surface area contributed by atoms with Crippen LogP contribution in [-0.2, 0) is 0 Å². The number of benzene rings is 2. The first-order valence-electron chi connectivity index (χ1n) is 10.7. The molecular weight excluding hydrogens is 450 g/mol. The lowest BCUT2D eigenvalue weighted by atomic mass is 10.1. The Labute approximate surface area is 202 Å². The third-order valence-corrected chi connectivity index (χ3v) is 5.52. The van der Waals surface area contributed by atoms with E-state index in [-0.39, 0.29) is 17.4 Å². The van der Waals surface area contributed by atoms with Crippen LogP contribution in [0.25, 0.3) is 16.5 Å². The lowest BCUT2D eigenvalue weighted by Gasteiger charge is -2.22. The van der Waals surface area contributed by atoms with Gasteiger partial charge in [-0.3, -0.25) is 9.36 Å². The number of pyridine rings is 1. The van der Waals surface area contributed by atoms with Crippen molar-refractivity contribution in [2.24, 2.45) is 0 Å². The SMILES string of the molecule is C[C@H](Nc1ncnc(N)c1C#CC(C)(C)O)c1cc2cccc(Cl)c2c(=O)n1-c1ccccc1. The summed E-state index contributed by atoms with van der Waals surface area (Å²) in [5.74, 6) is 6.20. The Bertz CT molecular complexity index is 1480. The van der Waals surface area contributed by atoms with Crippen molar-refractivity contribution in [1.82, 2.24) is 14.5 Å². The molecule has 0 spiro atoms. The number of nitrogens with one attached hydrogen (secondary N) is 1. The van der Waals surface area contributed by atoms with Crippen LogP contribution in [0.2, 0.25) is 5.02 Å². The molecule has 4 rings (SSSR count). The van der Waals surface area contributed by atoms with Crippen LogP contribution in [0.15, 0.2) is 65.7 Å². The van der Waals surface area contributed by atoms with Gasteiger partial charge in [-0.15, -0.1) is 0 Å². The molecule has 0 fully saturated rings. The molecular formula is C26H24ClN5O2. The van der Waals surface area contributed by atoms with Crippen LogP contribution in [-0.4, -0.2) is 25.2 Å². The summed E-state index contributed by atoms with van der Waals surface area (Å²) < 4.78 is 1.64. The predicted molar refractivity (Wildman–Crippen MR) is 136 cm³/mol. The van der Waals surface area contributed by atoms with Gasteiger partial charge in [0.2, 0.25) is 0 Å². The lowest BCUT2D eigenvalue weighted by Crippen LogP contribution is -2.26. The Kier molecular flexibility index (Phi) is 6.29. The first-order chi connectivity index (χ1) is 16.2. The molecule has 172 valence electrons. The minimum absolute atomic E-state index is 0.187. The van der Waals surface area contributed by atoms with Gasteiger partial charge in [0.1, 0.15) is 29.1 Å². The van der Waals surface area contributed by atoms with Crippen molar-refractivity contribution in [3.63, 3.8) is 0 Å². The lowest BCUT2D eigenvalue weighted by molar-refractivity contribution is 0.143.